The average molecular weight is 310 g/mol. The van der Waals surface area contributed by atoms with E-state index in [4.69, 9.17) is 23.2 Å². The van der Waals surface area contributed by atoms with Gasteiger partial charge in [-0.25, -0.2) is 9.97 Å². The molecule has 0 N–H and O–H groups in total. The van der Waals surface area contributed by atoms with Crippen LogP contribution in [-0.4, -0.2) is 17.0 Å². The van der Waals surface area contributed by atoms with Gasteiger partial charge >= 0.3 is 0 Å². The molecular weight excluding hydrogens is 293 g/mol. The number of hydrogen-bond donors (Lipinski definition) is 0. The summed E-state index contributed by atoms with van der Waals surface area (Å²) in [5.41, 5.74) is 1.17. The van der Waals surface area contributed by atoms with Crippen LogP contribution in [0.15, 0.2) is 30.3 Å². The van der Waals surface area contributed by atoms with Crippen LogP contribution in [-0.2, 0) is 6.42 Å². The van der Waals surface area contributed by atoms with E-state index in [0.717, 1.165) is 23.1 Å². The summed E-state index contributed by atoms with van der Waals surface area (Å²) in [5, 5.41) is 1.21. The van der Waals surface area contributed by atoms with E-state index in [1.54, 1.807) is 6.07 Å². The molecule has 0 aliphatic carbocycles. The maximum absolute atomic E-state index is 6.05. The third-order valence-corrected chi connectivity index (χ3v) is 3.78. The van der Waals surface area contributed by atoms with Crippen molar-refractivity contribution in [2.45, 2.75) is 26.3 Å². The number of benzene rings is 1. The normalized spacial score (nSPS) is 12.2. The first-order valence-electron chi connectivity index (χ1n) is 6.53. The second-order valence-electron chi connectivity index (χ2n) is 4.66. The fourth-order valence-corrected chi connectivity index (χ4v) is 2.27. The first-order valence-corrected chi connectivity index (χ1v) is 7.28. The Morgan fingerprint density at radius 3 is 2.40 bits per heavy atom. The highest BCUT2D eigenvalue weighted by atomic mass is 35.5. The lowest BCUT2D eigenvalue weighted by Gasteiger charge is -2.26. The Morgan fingerprint density at radius 2 is 1.80 bits per heavy atom. The van der Waals surface area contributed by atoms with Crippen LogP contribution in [0.3, 0.4) is 0 Å². The lowest BCUT2D eigenvalue weighted by Crippen LogP contribution is -2.23. The lowest BCUT2D eigenvalue weighted by atomic mass is 10.1. The highest BCUT2D eigenvalue weighted by Gasteiger charge is 2.15. The number of hydrogen-bond acceptors (Lipinski definition) is 3. The van der Waals surface area contributed by atoms with E-state index < -0.39 is 0 Å². The molecule has 106 valence electrons. The molecule has 1 aromatic heterocycles. The van der Waals surface area contributed by atoms with Crippen molar-refractivity contribution in [1.29, 1.82) is 0 Å². The van der Waals surface area contributed by atoms with Crippen molar-refractivity contribution in [3.8, 4) is 0 Å². The number of aromatic nitrogens is 2. The summed E-state index contributed by atoms with van der Waals surface area (Å²) in [4.78, 5) is 10.8. The summed E-state index contributed by atoms with van der Waals surface area (Å²) >= 11 is 12.0. The molecule has 2 aromatic rings. The average Bonchev–Trinajstić information content (AvgIpc) is 2.45. The molecule has 0 fully saturated rings. The van der Waals surface area contributed by atoms with E-state index in [0.29, 0.717) is 5.15 Å². The molecule has 1 aromatic carbocycles. The van der Waals surface area contributed by atoms with Crippen LogP contribution in [0.25, 0.3) is 0 Å². The standard InChI is InChI=1S/C15H17Cl2N3/c1-4-14-18-13(17)9-15(19-14)20(3)10(2)11-5-7-12(16)8-6-11/h5-10H,4H2,1-3H3. The highest BCUT2D eigenvalue weighted by Crippen LogP contribution is 2.26. The molecule has 20 heavy (non-hydrogen) atoms. The van der Waals surface area contributed by atoms with Crippen LogP contribution in [0.5, 0.6) is 0 Å². The van der Waals surface area contributed by atoms with Crippen LogP contribution < -0.4 is 4.90 Å². The molecule has 0 amide bonds. The van der Waals surface area contributed by atoms with Gasteiger partial charge in [0.2, 0.25) is 0 Å². The second kappa shape index (κ2) is 6.42. The van der Waals surface area contributed by atoms with Crippen LogP contribution >= 0.6 is 23.2 Å². The SMILES string of the molecule is CCc1nc(Cl)cc(N(C)C(C)c2ccc(Cl)cc2)n1. The van der Waals surface area contributed by atoms with Gasteiger partial charge in [0.05, 0.1) is 6.04 Å². The van der Waals surface area contributed by atoms with E-state index >= 15 is 0 Å². The molecular formula is C15H17Cl2N3. The van der Waals surface area contributed by atoms with Crippen molar-refractivity contribution >= 4 is 29.0 Å². The van der Waals surface area contributed by atoms with Gasteiger partial charge < -0.3 is 4.90 Å². The predicted octanol–water partition coefficient (Wildman–Crippen LogP) is 4.54. The Labute approximate surface area is 129 Å². The Bertz CT molecular complexity index is 584. The number of rotatable bonds is 4. The first-order chi connectivity index (χ1) is 9.51. The maximum Gasteiger partial charge on any atom is 0.134 e. The predicted molar refractivity (Wildman–Crippen MR) is 84.7 cm³/mol. The Hall–Kier alpha value is -1.32. The molecule has 1 atom stereocenters. The summed E-state index contributed by atoms with van der Waals surface area (Å²) < 4.78 is 0. The molecule has 5 heteroatoms. The monoisotopic (exact) mass is 309 g/mol. The highest BCUT2D eigenvalue weighted by molar-refractivity contribution is 6.30. The van der Waals surface area contributed by atoms with Crippen molar-refractivity contribution in [2.75, 3.05) is 11.9 Å². The van der Waals surface area contributed by atoms with Crippen LogP contribution in [0.4, 0.5) is 5.82 Å². The zero-order valence-electron chi connectivity index (χ0n) is 11.8. The van der Waals surface area contributed by atoms with Gasteiger partial charge in [0.15, 0.2) is 0 Å². The molecule has 0 aliphatic heterocycles. The first kappa shape index (κ1) is 15.1. The molecule has 1 unspecified atom stereocenters. The topological polar surface area (TPSA) is 29.0 Å². The molecule has 3 nitrogen and oxygen atoms in total. The Balaban J connectivity index is 2.28. The molecule has 0 aliphatic rings. The van der Waals surface area contributed by atoms with Crippen molar-refractivity contribution in [3.63, 3.8) is 0 Å². The molecule has 2 rings (SSSR count). The summed E-state index contributed by atoms with van der Waals surface area (Å²) in [5.74, 6) is 1.58. The lowest BCUT2D eigenvalue weighted by molar-refractivity contribution is 0.722. The minimum absolute atomic E-state index is 0.169. The zero-order chi connectivity index (χ0) is 14.7. The third-order valence-electron chi connectivity index (χ3n) is 3.34. The largest absolute Gasteiger partial charge is 0.353 e. The fraction of sp³-hybridized carbons (Fsp3) is 0.333. The summed E-state index contributed by atoms with van der Waals surface area (Å²) in [7, 11) is 2.00. The van der Waals surface area contributed by atoms with E-state index in [2.05, 4.69) is 21.8 Å². The molecule has 0 bridgehead atoms. The van der Waals surface area contributed by atoms with Crippen LogP contribution in [0, 0.1) is 0 Å². The zero-order valence-corrected chi connectivity index (χ0v) is 13.3. The third kappa shape index (κ3) is 3.41. The minimum atomic E-state index is 0.169. The summed E-state index contributed by atoms with van der Waals surface area (Å²) in [6.45, 7) is 4.13. The number of aryl methyl sites for hydroxylation is 1. The van der Waals surface area contributed by atoms with Gasteiger partial charge in [0.25, 0.3) is 0 Å². The number of anilines is 1. The van der Waals surface area contributed by atoms with E-state index in [1.807, 2.05) is 38.2 Å². The maximum atomic E-state index is 6.05. The summed E-state index contributed by atoms with van der Waals surface area (Å²) in [6.07, 6.45) is 0.761. The van der Waals surface area contributed by atoms with Crippen molar-refractivity contribution < 1.29 is 0 Å². The van der Waals surface area contributed by atoms with Gasteiger partial charge in [-0.2, -0.15) is 0 Å². The molecule has 0 saturated heterocycles. The van der Waals surface area contributed by atoms with Crippen molar-refractivity contribution in [3.05, 3.63) is 51.9 Å². The molecule has 0 saturated carbocycles. The second-order valence-corrected chi connectivity index (χ2v) is 5.48. The smallest absolute Gasteiger partial charge is 0.134 e. The van der Waals surface area contributed by atoms with Gasteiger partial charge in [-0.3, -0.25) is 0 Å². The molecule has 0 radical (unpaired) electrons. The van der Waals surface area contributed by atoms with Gasteiger partial charge in [-0.15, -0.1) is 0 Å². The molecule has 1 heterocycles. The van der Waals surface area contributed by atoms with Gasteiger partial charge in [0.1, 0.15) is 16.8 Å². The Kier molecular flexibility index (Phi) is 4.84. The summed E-state index contributed by atoms with van der Waals surface area (Å²) in [6, 6.07) is 9.78. The fourth-order valence-electron chi connectivity index (χ4n) is 1.95. The van der Waals surface area contributed by atoms with Crippen LogP contribution in [0.1, 0.15) is 31.3 Å². The van der Waals surface area contributed by atoms with Gasteiger partial charge in [-0.1, -0.05) is 42.3 Å². The number of nitrogens with zero attached hydrogens (tertiary/aromatic N) is 3. The van der Waals surface area contributed by atoms with Crippen LogP contribution in [0.2, 0.25) is 10.2 Å². The van der Waals surface area contributed by atoms with E-state index in [-0.39, 0.29) is 6.04 Å². The van der Waals surface area contributed by atoms with Crippen molar-refractivity contribution in [1.82, 2.24) is 9.97 Å². The quantitative estimate of drug-likeness (QED) is 0.776. The minimum Gasteiger partial charge on any atom is -0.353 e. The Morgan fingerprint density at radius 1 is 1.15 bits per heavy atom. The van der Waals surface area contributed by atoms with Crippen molar-refractivity contribution in [2.24, 2.45) is 0 Å². The molecule has 0 spiro atoms. The van der Waals surface area contributed by atoms with E-state index in [9.17, 15) is 0 Å². The van der Waals surface area contributed by atoms with Gasteiger partial charge in [-0.05, 0) is 24.6 Å². The van der Waals surface area contributed by atoms with E-state index in [1.165, 1.54) is 5.56 Å². The number of halogens is 2. The van der Waals surface area contributed by atoms with Gasteiger partial charge in [0, 0.05) is 24.6 Å².